The van der Waals surface area contributed by atoms with Gasteiger partial charge in [-0.25, -0.2) is 4.79 Å². The highest BCUT2D eigenvalue weighted by atomic mass is 35.5. The Morgan fingerprint density at radius 2 is 1.76 bits per heavy atom. The minimum atomic E-state index is -0.645. The van der Waals surface area contributed by atoms with E-state index < -0.39 is 18.5 Å². The maximum atomic E-state index is 11.9. The van der Waals surface area contributed by atoms with Crippen LogP contribution in [0.1, 0.15) is 27.6 Å². The molecule has 2 N–H and O–H groups in total. The number of nitrogens with one attached hydrogen (secondary N) is 2. The third kappa shape index (κ3) is 5.61. The molecule has 0 saturated heterocycles. The molecule has 0 atom stereocenters. The molecule has 0 radical (unpaired) electrons. The molecule has 0 aliphatic rings. The molecule has 25 heavy (non-hydrogen) atoms. The molecule has 2 aromatic carbocycles. The summed E-state index contributed by atoms with van der Waals surface area (Å²) in [5, 5.41) is 5.65. The van der Waals surface area contributed by atoms with Crippen LogP contribution < -0.4 is 10.6 Å². The molecular formula is C18H17ClN2O4. The molecule has 0 aliphatic carbocycles. The second kappa shape index (κ2) is 8.84. The average Bonchev–Trinajstić information content (AvgIpc) is 2.60. The van der Waals surface area contributed by atoms with Gasteiger partial charge in [0, 0.05) is 22.8 Å². The smallest absolute Gasteiger partial charge is 0.338 e. The first kappa shape index (κ1) is 18.5. The molecule has 0 heterocycles. The van der Waals surface area contributed by atoms with E-state index in [4.69, 9.17) is 16.3 Å². The fourth-order valence-electron chi connectivity index (χ4n) is 2.03. The number of halogens is 1. The fourth-order valence-corrected chi connectivity index (χ4v) is 2.22. The molecule has 2 rings (SSSR count). The third-order valence-corrected chi connectivity index (χ3v) is 3.38. The molecule has 2 aromatic rings. The van der Waals surface area contributed by atoms with Crippen LogP contribution in [0, 0.1) is 0 Å². The van der Waals surface area contributed by atoms with Crippen molar-refractivity contribution >= 4 is 35.1 Å². The summed E-state index contributed by atoms with van der Waals surface area (Å²) in [5.41, 5.74) is 1.13. The number of rotatable bonds is 6. The monoisotopic (exact) mass is 360 g/mol. The van der Waals surface area contributed by atoms with Crippen LogP contribution in [-0.2, 0) is 9.53 Å². The Kier molecular flexibility index (Phi) is 6.54. The van der Waals surface area contributed by atoms with Gasteiger partial charge in [0.2, 0.25) is 0 Å². The Morgan fingerprint density at radius 3 is 2.48 bits per heavy atom. The lowest BCUT2D eigenvalue weighted by atomic mass is 10.2. The summed E-state index contributed by atoms with van der Waals surface area (Å²) in [6.07, 6.45) is 0. The Morgan fingerprint density at radius 1 is 1.04 bits per heavy atom. The lowest BCUT2D eigenvalue weighted by Gasteiger charge is -2.08. The highest BCUT2D eigenvalue weighted by Gasteiger charge is 2.11. The zero-order chi connectivity index (χ0) is 18.2. The number of hydrogen-bond acceptors (Lipinski definition) is 4. The van der Waals surface area contributed by atoms with Crippen LogP contribution in [0.2, 0.25) is 5.02 Å². The van der Waals surface area contributed by atoms with E-state index in [2.05, 4.69) is 10.6 Å². The van der Waals surface area contributed by atoms with Crippen LogP contribution in [0.15, 0.2) is 48.5 Å². The Labute approximate surface area is 150 Å². The summed E-state index contributed by atoms with van der Waals surface area (Å²) in [6.45, 7) is 1.88. The summed E-state index contributed by atoms with van der Waals surface area (Å²) < 4.78 is 4.94. The van der Waals surface area contributed by atoms with Crippen molar-refractivity contribution in [3.05, 3.63) is 64.7 Å². The Bertz CT molecular complexity index is 792. The van der Waals surface area contributed by atoms with Crippen LogP contribution in [0.3, 0.4) is 0 Å². The average molecular weight is 361 g/mol. The predicted molar refractivity (Wildman–Crippen MR) is 94.8 cm³/mol. The molecule has 0 aliphatic heterocycles. The summed E-state index contributed by atoms with van der Waals surface area (Å²) in [4.78, 5) is 35.5. The van der Waals surface area contributed by atoms with Gasteiger partial charge in [0.1, 0.15) is 0 Å². The highest BCUT2D eigenvalue weighted by molar-refractivity contribution is 6.30. The molecule has 0 saturated carbocycles. The van der Waals surface area contributed by atoms with Crippen molar-refractivity contribution in [3.63, 3.8) is 0 Å². The van der Waals surface area contributed by atoms with Crippen LogP contribution in [0.5, 0.6) is 0 Å². The number of anilines is 1. The molecule has 0 unspecified atom stereocenters. The second-order valence-corrected chi connectivity index (χ2v) is 5.51. The van der Waals surface area contributed by atoms with Gasteiger partial charge in [0.15, 0.2) is 6.61 Å². The summed E-state index contributed by atoms with van der Waals surface area (Å²) in [5.74, 6) is -1.39. The number of carbonyl (C=O) groups excluding carboxylic acids is 3. The second-order valence-electron chi connectivity index (χ2n) is 5.07. The summed E-state index contributed by atoms with van der Waals surface area (Å²) >= 11 is 5.80. The van der Waals surface area contributed by atoms with E-state index in [1.807, 2.05) is 6.92 Å². The third-order valence-electron chi connectivity index (χ3n) is 3.14. The van der Waals surface area contributed by atoms with Gasteiger partial charge in [-0.1, -0.05) is 23.7 Å². The molecule has 130 valence electrons. The maximum Gasteiger partial charge on any atom is 0.338 e. The first-order valence-electron chi connectivity index (χ1n) is 7.60. The van der Waals surface area contributed by atoms with Crippen LogP contribution in [-0.4, -0.2) is 30.9 Å². The van der Waals surface area contributed by atoms with Gasteiger partial charge in [-0.3, -0.25) is 9.59 Å². The van der Waals surface area contributed by atoms with Gasteiger partial charge >= 0.3 is 5.97 Å². The van der Waals surface area contributed by atoms with E-state index in [0.29, 0.717) is 22.8 Å². The van der Waals surface area contributed by atoms with Gasteiger partial charge in [-0.2, -0.15) is 0 Å². The van der Waals surface area contributed by atoms with Gasteiger partial charge in [0.25, 0.3) is 11.8 Å². The zero-order valence-corrected chi connectivity index (χ0v) is 14.3. The number of ether oxygens (including phenoxy) is 1. The van der Waals surface area contributed by atoms with Crippen molar-refractivity contribution in [1.29, 1.82) is 0 Å². The standard InChI is InChI=1S/C18H17ClN2O4/c1-2-20-17(23)12-5-4-8-15(10-12)21-16(22)11-25-18(24)13-6-3-7-14(19)9-13/h3-10H,2,11H2,1H3,(H,20,23)(H,21,22). The van der Waals surface area contributed by atoms with Gasteiger partial charge < -0.3 is 15.4 Å². The van der Waals surface area contributed by atoms with E-state index in [1.165, 1.54) is 6.07 Å². The van der Waals surface area contributed by atoms with E-state index in [0.717, 1.165) is 0 Å². The van der Waals surface area contributed by atoms with Crippen molar-refractivity contribution in [3.8, 4) is 0 Å². The first-order valence-corrected chi connectivity index (χ1v) is 7.98. The van der Waals surface area contributed by atoms with Gasteiger partial charge in [-0.15, -0.1) is 0 Å². The molecule has 6 nitrogen and oxygen atoms in total. The SMILES string of the molecule is CCNC(=O)c1cccc(NC(=O)COC(=O)c2cccc(Cl)c2)c1. The van der Waals surface area contributed by atoms with Crippen LogP contribution >= 0.6 is 11.6 Å². The van der Waals surface area contributed by atoms with E-state index in [-0.39, 0.29) is 11.5 Å². The van der Waals surface area contributed by atoms with E-state index in [1.54, 1.807) is 42.5 Å². The van der Waals surface area contributed by atoms with Crippen molar-refractivity contribution in [2.75, 3.05) is 18.5 Å². The van der Waals surface area contributed by atoms with Crippen LogP contribution in [0.25, 0.3) is 0 Å². The lowest BCUT2D eigenvalue weighted by molar-refractivity contribution is -0.119. The first-order chi connectivity index (χ1) is 12.0. The lowest BCUT2D eigenvalue weighted by Crippen LogP contribution is -2.23. The number of amides is 2. The van der Waals surface area contributed by atoms with Gasteiger partial charge in [0.05, 0.1) is 5.56 Å². The molecule has 0 bridgehead atoms. The molecule has 0 spiro atoms. The number of esters is 1. The maximum absolute atomic E-state index is 11.9. The Hall–Kier alpha value is -2.86. The normalized spacial score (nSPS) is 10.0. The molecule has 7 heteroatoms. The number of carbonyl (C=O) groups is 3. The molecule has 0 fully saturated rings. The topological polar surface area (TPSA) is 84.5 Å². The Balaban J connectivity index is 1.91. The van der Waals surface area contributed by atoms with Gasteiger partial charge in [-0.05, 0) is 43.3 Å². The molecule has 2 amide bonds. The number of hydrogen-bond donors (Lipinski definition) is 2. The minimum Gasteiger partial charge on any atom is -0.452 e. The van der Waals surface area contributed by atoms with Crippen molar-refractivity contribution in [1.82, 2.24) is 5.32 Å². The fraction of sp³-hybridized carbons (Fsp3) is 0.167. The molecule has 0 aromatic heterocycles. The van der Waals surface area contributed by atoms with Crippen molar-refractivity contribution in [2.45, 2.75) is 6.92 Å². The predicted octanol–water partition coefficient (Wildman–Crippen LogP) is 2.89. The van der Waals surface area contributed by atoms with Crippen LogP contribution in [0.4, 0.5) is 5.69 Å². The number of benzene rings is 2. The van der Waals surface area contributed by atoms with Crippen molar-refractivity contribution in [2.24, 2.45) is 0 Å². The zero-order valence-electron chi connectivity index (χ0n) is 13.5. The quantitative estimate of drug-likeness (QED) is 0.776. The largest absolute Gasteiger partial charge is 0.452 e. The highest BCUT2D eigenvalue weighted by Crippen LogP contribution is 2.12. The van der Waals surface area contributed by atoms with E-state index >= 15 is 0 Å². The molecular weight excluding hydrogens is 344 g/mol. The summed E-state index contributed by atoms with van der Waals surface area (Å²) in [6, 6.07) is 12.7. The minimum absolute atomic E-state index is 0.231. The van der Waals surface area contributed by atoms with E-state index in [9.17, 15) is 14.4 Å². The summed E-state index contributed by atoms with van der Waals surface area (Å²) in [7, 11) is 0. The van der Waals surface area contributed by atoms with Crippen molar-refractivity contribution < 1.29 is 19.1 Å².